The molecule has 2 aliphatic heterocycles. The number of piperidine rings is 1. The Morgan fingerprint density at radius 1 is 0.966 bits per heavy atom. The van der Waals surface area contributed by atoms with Gasteiger partial charge in [0.15, 0.2) is 0 Å². The zero-order valence-corrected chi connectivity index (χ0v) is 16.5. The van der Waals surface area contributed by atoms with E-state index >= 15 is 0 Å². The minimum atomic E-state index is -0.829. The van der Waals surface area contributed by atoms with Gasteiger partial charge in [0.25, 0.3) is 11.8 Å². The van der Waals surface area contributed by atoms with Crippen LogP contribution < -0.4 is 5.32 Å². The van der Waals surface area contributed by atoms with Gasteiger partial charge in [-0.15, -0.1) is 0 Å². The lowest BCUT2D eigenvalue weighted by atomic mass is 10.0. The Morgan fingerprint density at radius 3 is 2.10 bits per heavy atom. The maximum Gasteiger partial charge on any atom is 0.262 e. The van der Waals surface area contributed by atoms with Crippen molar-refractivity contribution in [3.8, 4) is 0 Å². The monoisotopic (exact) mass is 391 g/mol. The van der Waals surface area contributed by atoms with Gasteiger partial charge in [-0.2, -0.15) is 0 Å². The molecule has 2 aromatic carbocycles. The molecule has 0 spiro atoms. The van der Waals surface area contributed by atoms with Crippen LogP contribution in [0.1, 0.15) is 46.0 Å². The van der Waals surface area contributed by atoms with E-state index in [1.165, 1.54) is 5.56 Å². The fourth-order valence-corrected chi connectivity index (χ4v) is 4.08. The maximum atomic E-state index is 12.7. The number of nitrogens with zero attached hydrogens (tertiary/aromatic N) is 2. The normalized spacial score (nSPS) is 18.6. The van der Waals surface area contributed by atoms with E-state index in [4.69, 9.17) is 0 Å². The van der Waals surface area contributed by atoms with Crippen molar-refractivity contribution in [2.45, 2.75) is 38.4 Å². The minimum Gasteiger partial charge on any atom is -0.351 e. The summed E-state index contributed by atoms with van der Waals surface area (Å²) in [6.45, 7) is 4.33. The van der Waals surface area contributed by atoms with E-state index in [0.29, 0.717) is 11.1 Å². The molecule has 1 N–H and O–H groups in total. The molecule has 3 amide bonds. The number of imide groups is 1. The molecule has 6 nitrogen and oxygen atoms in total. The second-order valence-corrected chi connectivity index (χ2v) is 7.75. The van der Waals surface area contributed by atoms with Gasteiger partial charge in [0, 0.05) is 25.7 Å². The van der Waals surface area contributed by atoms with Crippen LogP contribution in [-0.4, -0.2) is 52.7 Å². The first-order valence-corrected chi connectivity index (χ1v) is 10.1. The second kappa shape index (κ2) is 8.17. The highest BCUT2D eigenvalue weighted by molar-refractivity contribution is 6.22. The molecule has 2 aromatic rings. The quantitative estimate of drug-likeness (QED) is 0.795. The van der Waals surface area contributed by atoms with Crippen LogP contribution in [0, 0.1) is 0 Å². The Bertz CT molecular complexity index is 885. The Hall–Kier alpha value is -2.99. The Kier molecular flexibility index (Phi) is 5.45. The smallest absolute Gasteiger partial charge is 0.262 e. The van der Waals surface area contributed by atoms with Gasteiger partial charge in [-0.25, -0.2) is 0 Å². The predicted octanol–water partition coefficient (Wildman–Crippen LogP) is 2.45. The van der Waals surface area contributed by atoms with Gasteiger partial charge >= 0.3 is 0 Å². The van der Waals surface area contributed by atoms with Crippen molar-refractivity contribution in [3.05, 3.63) is 71.3 Å². The van der Waals surface area contributed by atoms with Crippen LogP contribution in [0.15, 0.2) is 54.6 Å². The summed E-state index contributed by atoms with van der Waals surface area (Å²) >= 11 is 0. The summed E-state index contributed by atoms with van der Waals surface area (Å²) in [7, 11) is 0. The molecule has 1 saturated heterocycles. The largest absolute Gasteiger partial charge is 0.351 e. The number of carbonyl (C=O) groups excluding carboxylic acids is 3. The highest BCUT2D eigenvalue weighted by Crippen LogP contribution is 2.24. The lowest BCUT2D eigenvalue weighted by Crippen LogP contribution is -2.52. The van der Waals surface area contributed by atoms with Crippen molar-refractivity contribution in [3.63, 3.8) is 0 Å². The van der Waals surface area contributed by atoms with Crippen LogP contribution in [0.4, 0.5) is 0 Å². The van der Waals surface area contributed by atoms with Crippen molar-refractivity contribution in [2.24, 2.45) is 0 Å². The van der Waals surface area contributed by atoms with Crippen LogP contribution in [0.25, 0.3) is 0 Å². The fraction of sp³-hybridized carbons (Fsp3) is 0.348. The summed E-state index contributed by atoms with van der Waals surface area (Å²) in [5, 5.41) is 3.04. The standard InChI is InChI=1S/C23H25N3O3/c1-16(26-22(28)19-9-5-6-10-20(19)23(26)29)21(27)24-18-11-13-25(14-12-18)15-17-7-3-2-4-8-17/h2-10,16,18H,11-15H2,1H3,(H,24,27)/t16-/m1/s1. The van der Waals surface area contributed by atoms with Crippen molar-refractivity contribution < 1.29 is 14.4 Å². The van der Waals surface area contributed by atoms with Crippen molar-refractivity contribution in [2.75, 3.05) is 13.1 Å². The molecule has 0 bridgehead atoms. The number of benzene rings is 2. The lowest BCUT2D eigenvalue weighted by Gasteiger charge is -2.33. The first kappa shape index (κ1) is 19.3. The highest BCUT2D eigenvalue weighted by Gasteiger charge is 2.41. The van der Waals surface area contributed by atoms with Crippen LogP contribution in [0.2, 0.25) is 0 Å². The van der Waals surface area contributed by atoms with E-state index in [9.17, 15) is 14.4 Å². The van der Waals surface area contributed by atoms with Crippen LogP contribution in [0.3, 0.4) is 0 Å². The van der Waals surface area contributed by atoms with E-state index in [1.54, 1.807) is 31.2 Å². The molecular formula is C23H25N3O3. The molecule has 0 aromatic heterocycles. The first-order chi connectivity index (χ1) is 14.0. The van der Waals surface area contributed by atoms with Gasteiger partial charge in [-0.3, -0.25) is 24.2 Å². The van der Waals surface area contributed by atoms with Crippen molar-refractivity contribution in [1.82, 2.24) is 15.1 Å². The Morgan fingerprint density at radius 2 is 1.52 bits per heavy atom. The van der Waals surface area contributed by atoms with Gasteiger partial charge in [-0.05, 0) is 37.5 Å². The number of hydrogen-bond donors (Lipinski definition) is 1. The SMILES string of the molecule is C[C@H](C(=O)NC1CCN(Cc2ccccc2)CC1)N1C(=O)c2ccccc2C1=O. The molecule has 0 unspecified atom stereocenters. The molecule has 1 atom stereocenters. The first-order valence-electron chi connectivity index (χ1n) is 10.1. The number of hydrogen-bond acceptors (Lipinski definition) is 4. The number of fused-ring (bicyclic) bond motifs is 1. The van der Waals surface area contributed by atoms with E-state index in [1.807, 2.05) is 18.2 Å². The number of amides is 3. The zero-order valence-electron chi connectivity index (χ0n) is 16.5. The average molecular weight is 391 g/mol. The van der Waals surface area contributed by atoms with Gasteiger partial charge in [-0.1, -0.05) is 42.5 Å². The van der Waals surface area contributed by atoms with Gasteiger partial charge in [0.2, 0.25) is 5.91 Å². The highest BCUT2D eigenvalue weighted by atomic mass is 16.2. The summed E-state index contributed by atoms with van der Waals surface area (Å²) in [6, 6.07) is 16.3. The molecule has 4 rings (SSSR count). The summed E-state index contributed by atoms with van der Waals surface area (Å²) < 4.78 is 0. The topological polar surface area (TPSA) is 69.7 Å². The molecular weight excluding hydrogens is 366 g/mol. The molecule has 2 heterocycles. The molecule has 6 heteroatoms. The van der Waals surface area contributed by atoms with Crippen molar-refractivity contribution in [1.29, 1.82) is 0 Å². The minimum absolute atomic E-state index is 0.0622. The van der Waals surface area contributed by atoms with Crippen LogP contribution in [0.5, 0.6) is 0 Å². The second-order valence-electron chi connectivity index (χ2n) is 7.75. The molecule has 0 radical (unpaired) electrons. The fourth-order valence-electron chi connectivity index (χ4n) is 4.08. The van der Waals surface area contributed by atoms with Gasteiger partial charge < -0.3 is 5.32 Å². The third-order valence-electron chi connectivity index (χ3n) is 5.78. The number of carbonyl (C=O) groups is 3. The molecule has 0 aliphatic carbocycles. The molecule has 1 fully saturated rings. The van der Waals surface area contributed by atoms with Gasteiger partial charge in [0.1, 0.15) is 6.04 Å². The van der Waals surface area contributed by atoms with Gasteiger partial charge in [0.05, 0.1) is 11.1 Å². The Balaban J connectivity index is 1.31. The molecule has 29 heavy (non-hydrogen) atoms. The molecule has 150 valence electrons. The van der Waals surface area contributed by atoms with E-state index in [-0.39, 0.29) is 11.9 Å². The summed E-state index contributed by atoms with van der Waals surface area (Å²) in [5.41, 5.74) is 2.02. The average Bonchev–Trinajstić information content (AvgIpc) is 3.00. The predicted molar refractivity (Wildman–Crippen MR) is 109 cm³/mol. The maximum absolute atomic E-state index is 12.7. The molecule has 2 aliphatic rings. The zero-order chi connectivity index (χ0) is 20.4. The van der Waals surface area contributed by atoms with E-state index in [2.05, 4.69) is 22.3 Å². The summed E-state index contributed by atoms with van der Waals surface area (Å²) in [4.78, 5) is 41.4. The summed E-state index contributed by atoms with van der Waals surface area (Å²) in [5.74, 6) is -1.07. The third-order valence-corrected chi connectivity index (χ3v) is 5.78. The number of nitrogens with one attached hydrogen (secondary N) is 1. The molecule has 0 saturated carbocycles. The third kappa shape index (κ3) is 3.93. The Labute approximate surface area is 170 Å². The van der Waals surface area contributed by atoms with Crippen LogP contribution >= 0.6 is 0 Å². The number of likely N-dealkylation sites (tertiary alicyclic amines) is 1. The number of rotatable bonds is 5. The van der Waals surface area contributed by atoms with E-state index in [0.717, 1.165) is 37.4 Å². The van der Waals surface area contributed by atoms with Crippen LogP contribution in [-0.2, 0) is 11.3 Å². The van der Waals surface area contributed by atoms with Crippen molar-refractivity contribution >= 4 is 17.7 Å². The lowest BCUT2D eigenvalue weighted by molar-refractivity contribution is -0.125. The summed E-state index contributed by atoms with van der Waals surface area (Å²) in [6.07, 6.45) is 1.71. The van der Waals surface area contributed by atoms with E-state index < -0.39 is 17.9 Å².